The first-order chi connectivity index (χ1) is 5.75. The minimum absolute atomic E-state index is 0.276. The lowest BCUT2D eigenvalue weighted by Crippen LogP contribution is -2.20. The number of hydrogen-bond donors (Lipinski definition) is 0. The van der Waals surface area contributed by atoms with Gasteiger partial charge in [0.25, 0.3) is 0 Å². The molecule has 4 bridgehead atoms. The number of ketones is 2. The van der Waals surface area contributed by atoms with E-state index >= 15 is 0 Å². The molecule has 2 nitrogen and oxygen atoms in total. The van der Waals surface area contributed by atoms with Gasteiger partial charge in [0.05, 0.1) is 0 Å². The average molecular weight is 164 g/mol. The molecule has 3 saturated carbocycles. The molecule has 0 aliphatic heterocycles. The van der Waals surface area contributed by atoms with E-state index in [1.807, 2.05) is 0 Å². The van der Waals surface area contributed by atoms with Crippen LogP contribution in [0.1, 0.15) is 25.7 Å². The number of Topliss-reactive ketones (excluding diaryl/α,β-unsaturated/α-hetero) is 2. The minimum Gasteiger partial charge on any atom is -0.299 e. The van der Waals surface area contributed by atoms with Gasteiger partial charge >= 0.3 is 0 Å². The molecule has 0 unspecified atom stereocenters. The summed E-state index contributed by atoms with van der Waals surface area (Å²) in [6, 6.07) is 0. The molecule has 12 heavy (non-hydrogen) atoms. The second-order valence-corrected chi connectivity index (χ2v) is 4.55. The maximum atomic E-state index is 11.4. The van der Waals surface area contributed by atoms with Gasteiger partial charge in [-0.05, 0) is 24.7 Å². The van der Waals surface area contributed by atoms with E-state index in [-0.39, 0.29) is 11.8 Å². The molecule has 0 spiro atoms. The van der Waals surface area contributed by atoms with Gasteiger partial charge in [0, 0.05) is 24.7 Å². The number of rotatable bonds is 0. The fourth-order valence-corrected chi connectivity index (χ4v) is 3.43. The van der Waals surface area contributed by atoms with E-state index in [0.717, 1.165) is 12.8 Å². The number of carbonyl (C=O) groups is 2. The summed E-state index contributed by atoms with van der Waals surface area (Å²) in [5.74, 6) is 2.32. The Kier molecular flexibility index (Phi) is 1.12. The average Bonchev–Trinajstić information content (AvgIpc) is 2.49. The second kappa shape index (κ2) is 1.98. The van der Waals surface area contributed by atoms with Crippen LogP contribution in [-0.4, -0.2) is 11.6 Å². The normalized spacial score (nSPS) is 50.3. The maximum absolute atomic E-state index is 11.4. The molecule has 0 radical (unpaired) electrons. The lowest BCUT2D eigenvalue weighted by atomic mass is 9.80. The Bertz CT molecular complexity index is 241. The minimum atomic E-state index is 0.276. The van der Waals surface area contributed by atoms with Crippen LogP contribution in [0, 0.1) is 23.7 Å². The summed E-state index contributed by atoms with van der Waals surface area (Å²) >= 11 is 0. The number of carbonyl (C=O) groups excluding carboxylic acids is 2. The maximum Gasteiger partial charge on any atom is 0.136 e. The molecule has 3 aliphatic rings. The van der Waals surface area contributed by atoms with Crippen LogP contribution in [0.25, 0.3) is 0 Å². The van der Waals surface area contributed by atoms with Crippen molar-refractivity contribution in [3.05, 3.63) is 0 Å². The van der Waals surface area contributed by atoms with Crippen molar-refractivity contribution in [1.82, 2.24) is 0 Å². The van der Waals surface area contributed by atoms with Gasteiger partial charge in [-0.1, -0.05) is 0 Å². The number of fused-ring (bicyclic) bond motifs is 6. The fourth-order valence-electron chi connectivity index (χ4n) is 3.43. The van der Waals surface area contributed by atoms with Gasteiger partial charge in [0.1, 0.15) is 11.6 Å². The summed E-state index contributed by atoms with van der Waals surface area (Å²) in [4.78, 5) is 22.9. The molecule has 3 rings (SSSR count). The zero-order valence-electron chi connectivity index (χ0n) is 6.95. The van der Waals surface area contributed by atoms with Crippen LogP contribution >= 0.6 is 0 Å². The molecule has 0 aromatic carbocycles. The molecule has 0 amide bonds. The Balaban J connectivity index is 2.02. The summed E-state index contributed by atoms with van der Waals surface area (Å²) in [5, 5.41) is 0. The van der Waals surface area contributed by atoms with E-state index in [4.69, 9.17) is 0 Å². The predicted molar refractivity (Wildman–Crippen MR) is 42.4 cm³/mol. The molecule has 0 saturated heterocycles. The molecule has 0 heterocycles. The van der Waals surface area contributed by atoms with Crippen molar-refractivity contribution < 1.29 is 9.59 Å². The third-order valence-electron chi connectivity index (χ3n) is 4.01. The molecule has 4 atom stereocenters. The van der Waals surface area contributed by atoms with Crippen molar-refractivity contribution in [3.8, 4) is 0 Å². The Morgan fingerprint density at radius 3 is 1.67 bits per heavy atom. The third-order valence-corrected chi connectivity index (χ3v) is 4.01. The molecular weight excluding hydrogens is 152 g/mol. The Labute approximate surface area is 71.3 Å². The highest BCUT2D eigenvalue weighted by molar-refractivity contribution is 5.91. The van der Waals surface area contributed by atoms with Crippen LogP contribution in [0.15, 0.2) is 0 Å². The van der Waals surface area contributed by atoms with Crippen LogP contribution < -0.4 is 0 Å². The molecular formula is C10H12O2. The zero-order chi connectivity index (χ0) is 8.29. The summed E-state index contributed by atoms with van der Waals surface area (Å²) in [6.45, 7) is 0. The first-order valence-electron chi connectivity index (χ1n) is 4.81. The number of hydrogen-bond acceptors (Lipinski definition) is 2. The van der Waals surface area contributed by atoms with Crippen molar-refractivity contribution >= 4 is 11.6 Å². The summed E-state index contributed by atoms with van der Waals surface area (Å²) in [5.41, 5.74) is 0. The van der Waals surface area contributed by atoms with Crippen LogP contribution in [-0.2, 0) is 9.59 Å². The van der Waals surface area contributed by atoms with E-state index in [0.29, 0.717) is 36.2 Å². The van der Waals surface area contributed by atoms with Gasteiger partial charge in [-0.2, -0.15) is 0 Å². The van der Waals surface area contributed by atoms with Gasteiger partial charge < -0.3 is 0 Å². The summed E-state index contributed by atoms with van der Waals surface area (Å²) < 4.78 is 0. The van der Waals surface area contributed by atoms with Crippen LogP contribution in [0.3, 0.4) is 0 Å². The molecule has 3 fully saturated rings. The molecule has 2 heteroatoms. The van der Waals surface area contributed by atoms with E-state index in [1.54, 1.807) is 0 Å². The monoisotopic (exact) mass is 164 g/mol. The standard InChI is InChI=1S/C10H12O2/c11-9-3-5-1-7(9)6-2-8(5)10(12)4-6/h5-8H,1-4H2/t5-,6+,7-,8+. The van der Waals surface area contributed by atoms with Gasteiger partial charge in [-0.3, -0.25) is 9.59 Å². The van der Waals surface area contributed by atoms with Crippen molar-refractivity contribution in [2.75, 3.05) is 0 Å². The topological polar surface area (TPSA) is 34.1 Å². The van der Waals surface area contributed by atoms with Gasteiger partial charge in [0.15, 0.2) is 0 Å². The molecule has 0 N–H and O–H groups in total. The molecule has 0 aromatic heterocycles. The molecule has 64 valence electrons. The Hall–Kier alpha value is -0.660. The summed E-state index contributed by atoms with van der Waals surface area (Å²) in [6.07, 6.45) is 3.47. The van der Waals surface area contributed by atoms with Crippen molar-refractivity contribution in [3.63, 3.8) is 0 Å². The molecule has 0 aromatic rings. The zero-order valence-corrected chi connectivity index (χ0v) is 6.95. The van der Waals surface area contributed by atoms with Crippen molar-refractivity contribution in [1.29, 1.82) is 0 Å². The lowest BCUT2D eigenvalue weighted by Gasteiger charge is -2.23. The fraction of sp³-hybridized carbons (Fsp3) is 0.800. The Morgan fingerprint density at radius 1 is 0.833 bits per heavy atom. The summed E-state index contributed by atoms with van der Waals surface area (Å²) in [7, 11) is 0. The first kappa shape index (κ1) is 6.81. The van der Waals surface area contributed by atoms with Gasteiger partial charge in [-0.15, -0.1) is 0 Å². The SMILES string of the molecule is O=C1C[C@@H]2C[C@H]1[C@H]1CC(=O)[C@@H]2C1. The smallest absolute Gasteiger partial charge is 0.136 e. The first-order valence-corrected chi connectivity index (χ1v) is 4.81. The second-order valence-electron chi connectivity index (χ2n) is 4.55. The van der Waals surface area contributed by atoms with Crippen LogP contribution in [0.2, 0.25) is 0 Å². The predicted octanol–water partition coefficient (Wildman–Crippen LogP) is 1.19. The van der Waals surface area contributed by atoms with Crippen molar-refractivity contribution in [2.24, 2.45) is 23.7 Å². The van der Waals surface area contributed by atoms with E-state index in [1.165, 1.54) is 0 Å². The van der Waals surface area contributed by atoms with Crippen LogP contribution in [0.4, 0.5) is 0 Å². The Morgan fingerprint density at radius 2 is 1.25 bits per heavy atom. The van der Waals surface area contributed by atoms with E-state index in [9.17, 15) is 9.59 Å². The highest BCUT2D eigenvalue weighted by Gasteiger charge is 2.53. The highest BCUT2D eigenvalue weighted by atomic mass is 16.1. The van der Waals surface area contributed by atoms with Crippen LogP contribution in [0.5, 0.6) is 0 Å². The quantitative estimate of drug-likeness (QED) is 0.539. The van der Waals surface area contributed by atoms with Crippen molar-refractivity contribution in [2.45, 2.75) is 25.7 Å². The van der Waals surface area contributed by atoms with E-state index < -0.39 is 0 Å². The highest BCUT2D eigenvalue weighted by Crippen LogP contribution is 2.52. The van der Waals surface area contributed by atoms with Gasteiger partial charge in [0.2, 0.25) is 0 Å². The largest absolute Gasteiger partial charge is 0.299 e. The van der Waals surface area contributed by atoms with E-state index in [2.05, 4.69) is 0 Å². The van der Waals surface area contributed by atoms with Gasteiger partial charge in [-0.25, -0.2) is 0 Å². The lowest BCUT2D eigenvalue weighted by molar-refractivity contribution is -0.123. The third kappa shape index (κ3) is 0.661. The molecule has 3 aliphatic carbocycles.